The van der Waals surface area contributed by atoms with Crippen LogP contribution in [0, 0.1) is 5.41 Å². The van der Waals surface area contributed by atoms with Gasteiger partial charge >= 0.3 is 0 Å². The summed E-state index contributed by atoms with van der Waals surface area (Å²) in [6.45, 7) is 1.76. The van der Waals surface area contributed by atoms with Gasteiger partial charge in [0.15, 0.2) is 5.65 Å². The number of aromatic amines is 1. The molecule has 1 saturated heterocycles. The van der Waals surface area contributed by atoms with Gasteiger partial charge in [-0.15, -0.1) is 0 Å². The number of hydrogen-bond donors (Lipinski definition) is 2. The van der Waals surface area contributed by atoms with Crippen molar-refractivity contribution in [1.29, 1.82) is 0 Å². The molecule has 5 aromatic heterocycles. The van der Waals surface area contributed by atoms with E-state index in [0.717, 1.165) is 82.7 Å². The van der Waals surface area contributed by atoms with Gasteiger partial charge in [0.2, 0.25) is 5.95 Å². The number of imidazole rings is 1. The van der Waals surface area contributed by atoms with Crippen molar-refractivity contribution in [3.05, 3.63) is 71.5 Å². The molecule has 1 aliphatic heterocycles. The number of pyridine rings is 1. The van der Waals surface area contributed by atoms with Gasteiger partial charge in [-0.25, -0.2) is 4.98 Å². The molecule has 1 atom stereocenters. The maximum absolute atomic E-state index is 6.89. The van der Waals surface area contributed by atoms with Crippen LogP contribution in [0.15, 0.2) is 55.2 Å². The molecule has 8 rings (SSSR count). The number of aromatic nitrogens is 7. The number of nitrogens with one attached hydrogen (secondary N) is 1. The number of nitrogens with zero attached hydrogens (tertiary/aromatic N) is 7. The number of anilines is 1. The molecule has 1 spiro atoms. The minimum absolute atomic E-state index is 0.0323. The average molecular weight is 524 g/mol. The van der Waals surface area contributed by atoms with E-state index in [1.165, 1.54) is 5.56 Å². The van der Waals surface area contributed by atoms with E-state index in [1.807, 2.05) is 56.2 Å². The van der Waals surface area contributed by atoms with Crippen LogP contribution in [-0.4, -0.2) is 47.2 Å². The van der Waals surface area contributed by atoms with Crippen LogP contribution in [-0.2, 0) is 13.5 Å². The zero-order valence-electron chi connectivity index (χ0n) is 20.9. The van der Waals surface area contributed by atoms with Crippen molar-refractivity contribution in [3.8, 4) is 11.1 Å². The van der Waals surface area contributed by atoms with Gasteiger partial charge in [-0.1, -0.05) is 23.7 Å². The molecule has 1 aromatic carbocycles. The normalized spacial score (nSPS) is 18.8. The van der Waals surface area contributed by atoms with Gasteiger partial charge in [-0.3, -0.25) is 14.1 Å². The minimum Gasteiger partial charge on any atom is -0.345 e. The maximum Gasteiger partial charge on any atom is 0.213 e. The van der Waals surface area contributed by atoms with E-state index in [-0.39, 0.29) is 11.5 Å². The first-order valence-corrected chi connectivity index (χ1v) is 13.3. The highest BCUT2D eigenvalue weighted by atomic mass is 35.5. The molecule has 38 heavy (non-hydrogen) atoms. The Hall–Kier alpha value is -3.95. The zero-order chi connectivity index (χ0) is 25.6. The largest absolute Gasteiger partial charge is 0.345 e. The van der Waals surface area contributed by atoms with Gasteiger partial charge in [0.05, 0.1) is 15.9 Å². The Bertz CT molecular complexity index is 1870. The third-order valence-corrected chi connectivity index (χ3v) is 9.07. The van der Waals surface area contributed by atoms with Crippen molar-refractivity contribution in [2.24, 2.45) is 18.2 Å². The highest BCUT2D eigenvalue weighted by molar-refractivity contribution is 6.38. The van der Waals surface area contributed by atoms with Crippen LogP contribution in [0.2, 0.25) is 5.02 Å². The van der Waals surface area contributed by atoms with Gasteiger partial charge in [0.25, 0.3) is 0 Å². The molecule has 2 aliphatic rings. The number of hydrogen-bond acceptors (Lipinski definition) is 6. The number of halogens is 1. The van der Waals surface area contributed by atoms with Crippen molar-refractivity contribution < 1.29 is 0 Å². The van der Waals surface area contributed by atoms with E-state index >= 15 is 0 Å². The lowest BCUT2D eigenvalue weighted by Crippen LogP contribution is -2.45. The van der Waals surface area contributed by atoms with E-state index in [2.05, 4.69) is 30.4 Å². The van der Waals surface area contributed by atoms with Crippen LogP contribution in [0.25, 0.3) is 38.7 Å². The summed E-state index contributed by atoms with van der Waals surface area (Å²) in [6.07, 6.45) is 12.6. The number of benzene rings is 1. The Morgan fingerprint density at radius 3 is 2.82 bits per heavy atom. The van der Waals surface area contributed by atoms with Crippen molar-refractivity contribution in [2.75, 3.05) is 18.0 Å². The van der Waals surface area contributed by atoms with E-state index in [4.69, 9.17) is 27.3 Å². The van der Waals surface area contributed by atoms with Crippen LogP contribution in [0.3, 0.4) is 0 Å². The molecule has 0 radical (unpaired) electrons. The zero-order valence-corrected chi connectivity index (χ0v) is 21.7. The van der Waals surface area contributed by atoms with Crippen molar-refractivity contribution >= 4 is 45.1 Å². The van der Waals surface area contributed by atoms with E-state index in [0.29, 0.717) is 5.02 Å². The molecular formula is C28H26ClN9. The van der Waals surface area contributed by atoms with Crippen LogP contribution in [0.5, 0.6) is 0 Å². The van der Waals surface area contributed by atoms with Crippen molar-refractivity contribution in [2.45, 2.75) is 25.3 Å². The minimum atomic E-state index is 0.0323. The van der Waals surface area contributed by atoms with Gasteiger partial charge in [-0.05, 0) is 42.4 Å². The van der Waals surface area contributed by atoms with Gasteiger partial charge < -0.3 is 15.6 Å². The van der Waals surface area contributed by atoms with Crippen molar-refractivity contribution in [3.63, 3.8) is 0 Å². The molecule has 0 saturated carbocycles. The van der Waals surface area contributed by atoms with E-state index in [9.17, 15) is 0 Å². The molecule has 0 amide bonds. The first-order chi connectivity index (χ1) is 18.5. The van der Waals surface area contributed by atoms with Gasteiger partial charge in [0.1, 0.15) is 5.65 Å². The van der Waals surface area contributed by atoms with Gasteiger partial charge in [0, 0.05) is 79.4 Å². The second kappa shape index (κ2) is 7.78. The highest BCUT2D eigenvalue weighted by Gasteiger charge is 2.47. The molecule has 6 aromatic rings. The topological polar surface area (TPSA) is 106 Å². The first kappa shape index (κ1) is 22.1. The average Bonchev–Trinajstić information content (AvgIpc) is 3.70. The lowest BCUT2D eigenvalue weighted by molar-refractivity contribution is 0.186. The number of nitrogens with two attached hydrogens (primary N) is 1. The van der Waals surface area contributed by atoms with E-state index in [1.54, 1.807) is 4.68 Å². The monoisotopic (exact) mass is 523 g/mol. The molecule has 1 aliphatic carbocycles. The molecule has 6 heterocycles. The lowest BCUT2D eigenvalue weighted by atomic mass is 9.73. The number of H-pyrrole nitrogens is 1. The Balaban J connectivity index is 1.18. The Morgan fingerprint density at radius 1 is 1.11 bits per heavy atom. The summed E-state index contributed by atoms with van der Waals surface area (Å²) in [4.78, 5) is 20.2. The molecule has 9 nitrogen and oxygen atoms in total. The number of rotatable bonds is 2. The number of fused-ring (bicyclic) bond motifs is 5. The van der Waals surface area contributed by atoms with Crippen molar-refractivity contribution in [1.82, 2.24) is 34.1 Å². The summed E-state index contributed by atoms with van der Waals surface area (Å²) in [7, 11) is 1.90. The third-order valence-electron chi connectivity index (χ3n) is 8.66. The molecule has 10 heteroatoms. The fourth-order valence-electron chi connectivity index (χ4n) is 6.65. The molecule has 190 valence electrons. The summed E-state index contributed by atoms with van der Waals surface area (Å²) < 4.78 is 3.88. The SMILES string of the molecule is Cn1cc2c(Cl)c(-c3c[nH]c4nc(N5CCC6(CC5)Cc5ncccc5[C@H]6N)n5ccnc5c34)ccc2n1. The van der Waals surface area contributed by atoms with Crippen LogP contribution in [0.4, 0.5) is 5.95 Å². The Morgan fingerprint density at radius 2 is 1.97 bits per heavy atom. The fourth-order valence-corrected chi connectivity index (χ4v) is 6.96. The smallest absolute Gasteiger partial charge is 0.213 e. The summed E-state index contributed by atoms with van der Waals surface area (Å²) in [5.41, 5.74) is 13.7. The molecule has 1 fully saturated rings. The quantitative estimate of drug-likeness (QED) is 0.342. The Labute approximate surface area is 223 Å². The lowest BCUT2D eigenvalue weighted by Gasteiger charge is -2.42. The summed E-state index contributed by atoms with van der Waals surface area (Å²) in [5.74, 6) is 0.893. The molecule has 0 bridgehead atoms. The standard InChI is InChI=1S/C28H26ClN9/c1-36-15-19-20(35-36)5-4-16(23(19)29)18-14-33-25-22(18)26-32-9-12-38(26)27(34-25)37-10-6-28(7-11-37)13-21-17(24(28)30)3-2-8-31-21/h2-5,8-9,12,14-15,24,33H,6-7,10-11,13,30H2,1H3/t24-/m1/s1. The molecule has 3 N–H and O–H groups in total. The van der Waals surface area contributed by atoms with Crippen LogP contribution < -0.4 is 10.6 Å². The molecular weight excluding hydrogens is 498 g/mol. The second-order valence-corrected chi connectivity index (χ2v) is 11.0. The predicted octanol–water partition coefficient (Wildman–Crippen LogP) is 4.66. The van der Waals surface area contributed by atoms with Crippen LogP contribution >= 0.6 is 11.6 Å². The third kappa shape index (κ3) is 2.97. The van der Waals surface area contributed by atoms with Crippen LogP contribution in [0.1, 0.15) is 30.1 Å². The number of piperidine rings is 1. The fraction of sp³-hybridized carbons (Fsp3) is 0.286. The maximum atomic E-state index is 6.89. The molecule has 0 unspecified atom stereocenters. The highest BCUT2D eigenvalue weighted by Crippen LogP contribution is 2.50. The summed E-state index contributed by atoms with van der Waals surface area (Å²) in [5, 5.41) is 7.04. The summed E-state index contributed by atoms with van der Waals surface area (Å²) >= 11 is 6.89. The second-order valence-electron chi connectivity index (χ2n) is 10.7. The first-order valence-electron chi connectivity index (χ1n) is 12.9. The van der Waals surface area contributed by atoms with Gasteiger partial charge in [-0.2, -0.15) is 10.1 Å². The predicted molar refractivity (Wildman–Crippen MR) is 148 cm³/mol. The number of aryl methyl sites for hydroxylation is 1. The van der Waals surface area contributed by atoms with E-state index < -0.39 is 0 Å². The Kier molecular flexibility index (Phi) is 4.52. The summed E-state index contributed by atoms with van der Waals surface area (Å²) in [6, 6.07) is 8.19.